The number of carbonyl (C=O) groups excluding carboxylic acids is 1. The molecule has 1 rings (SSSR count). The summed E-state index contributed by atoms with van der Waals surface area (Å²) < 4.78 is 5.83. The molecule has 0 unspecified atom stereocenters. The first-order chi connectivity index (χ1) is 8.63. The maximum Gasteiger partial charge on any atom is 0.254 e. The Labute approximate surface area is 115 Å². The van der Waals surface area contributed by atoms with E-state index in [9.17, 15) is 4.79 Å². The standard InChI is InChI=1S/C13H16BrNO3/c1-3-6-15(7-8-16)13(17)10-4-5-12(18-2)11(14)9-10/h3-5,9,16H,1,6-8H2,2H3. The van der Waals surface area contributed by atoms with Crippen LogP contribution in [0.2, 0.25) is 0 Å². The molecule has 1 amide bonds. The van der Waals surface area contributed by atoms with Crippen LogP contribution in [0.1, 0.15) is 10.4 Å². The lowest BCUT2D eigenvalue weighted by molar-refractivity contribution is 0.0743. The number of hydrogen-bond donors (Lipinski definition) is 1. The van der Waals surface area contributed by atoms with Gasteiger partial charge in [-0.3, -0.25) is 4.79 Å². The van der Waals surface area contributed by atoms with Crippen LogP contribution in [0.4, 0.5) is 0 Å². The minimum absolute atomic E-state index is 0.0725. The highest BCUT2D eigenvalue weighted by atomic mass is 79.9. The van der Waals surface area contributed by atoms with Gasteiger partial charge in [0.1, 0.15) is 5.75 Å². The van der Waals surface area contributed by atoms with Gasteiger partial charge in [-0.1, -0.05) is 6.08 Å². The van der Waals surface area contributed by atoms with E-state index in [0.717, 1.165) is 4.47 Å². The molecule has 0 aliphatic rings. The molecule has 0 aliphatic carbocycles. The zero-order chi connectivity index (χ0) is 13.5. The van der Waals surface area contributed by atoms with Gasteiger partial charge < -0.3 is 14.7 Å². The van der Waals surface area contributed by atoms with Crippen LogP contribution in [0.3, 0.4) is 0 Å². The third-order valence-electron chi connectivity index (χ3n) is 2.41. The highest BCUT2D eigenvalue weighted by Gasteiger charge is 2.15. The first kappa shape index (κ1) is 14.7. The second-order valence-electron chi connectivity index (χ2n) is 3.61. The summed E-state index contributed by atoms with van der Waals surface area (Å²) in [6.07, 6.45) is 1.63. The fraction of sp³-hybridized carbons (Fsp3) is 0.308. The fourth-order valence-corrected chi connectivity index (χ4v) is 2.07. The van der Waals surface area contributed by atoms with Crippen molar-refractivity contribution in [3.8, 4) is 5.75 Å². The highest BCUT2D eigenvalue weighted by Crippen LogP contribution is 2.26. The zero-order valence-electron chi connectivity index (χ0n) is 10.2. The first-order valence-corrected chi connectivity index (χ1v) is 6.28. The molecule has 4 nitrogen and oxygen atoms in total. The van der Waals surface area contributed by atoms with Crippen LogP contribution < -0.4 is 4.74 Å². The summed E-state index contributed by atoms with van der Waals surface area (Å²) in [5.74, 6) is 0.524. The summed E-state index contributed by atoms with van der Waals surface area (Å²) in [7, 11) is 1.57. The van der Waals surface area contributed by atoms with Crippen molar-refractivity contribution in [2.24, 2.45) is 0 Å². The average molecular weight is 314 g/mol. The Kier molecular flexibility index (Phi) is 5.88. The lowest BCUT2D eigenvalue weighted by Gasteiger charge is -2.20. The molecule has 0 fully saturated rings. The Bertz CT molecular complexity index is 434. The number of aliphatic hydroxyl groups excluding tert-OH is 1. The molecule has 0 saturated carbocycles. The Balaban J connectivity index is 2.93. The van der Waals surface area contributed by atoms with Gasteiger partial charge in [0.25, 0.3) is 5.91 Å². The van der Waals surface area contributed by atoms with Gasteiger partial charge in [0.2, 0.25) is 0 Å². The van der Waals surface area contributed by atoms with Crippen molar-refractivity contribution in [1.29, 1.82) is 0 Å². The predicted molar refractivity (Wildman–Crippen MR) is 73.9 cm³/mol. The molecule has 0 saturated heterocycles. The number of nitrogens with zero attached hydrogens (tertiary/aromatic N) is 1. The quantitative estimate of drug-likeness (QED) is 0.818. The first-order valence-electron chi connectivity index (χ1n) is 5.48. The molecular formula is C13H16BrNO3. The van der Waals surface area contributed by atoms with Crippen molar-refractivity contribution in [2.45, 2.75) is 0 Å². The Morgan fingerprint density at radius 2 is 2.33 bits per heavy atom. The molecule has 1 aromatic carbocycles. The maximum atomic E-state index is 12.2. The molecule has 0 radical (unpaired) electrons. The summed E-state index contributed by atoms with van der Waals surface area (Å²) in [4.78, 5) is 13.7. The SMILES string of the molecule is C=CCN(CCO)C(=O)c1ccc(OC)c(Br)c1. The number of methoxy groups -OCH3 is 1. The number of amides is 1. The van der Waals surface area contributed by atoms with E-state index < -0.39 is 0 Å². The molecule has 18 heavy (non-hydrogen) atoms. The normalized spacial score (nSPS) is 9.94. The predicted octanol–water partition coefficient (Wildman–Crippen LogP) is 2.08. The van der Waals surface area contributed by atoms with Crippen molar-refractivity contribution in [2.75, 3.05) is 26.8 Å². The highest BCUT2D eigenvalue weighted by molar-refractivity contribution is 9.10. The van der Waals surface area contributed by atoms with Crippen molar-refractivity contribution < 1.29 is 14.6 Å². The van der Waals surface area contributed by atoms with Gasteiger partial charge in [-0.15, -0.1) is 6.58 Å². The number of ether oxygens (including phenoxy) is 1. The summed E-state index contributed by atoms with van der Waals surface area (Å²) in [6.45, 7) is 4.22. The zero-order valence-corrected chi connectivity index (χ0v) is 11.8. The minimum atomic E-state index is -0.146. The van der Waals surface area contributed by atoms with Crippen LogP contribution in [-0.4, -0.2) is 42.7 Å². The van der Waals surface area contributed by atoms with Gasteiger partial charge in [0.15, 0.2) is 0 Å². The Morgan fingerprint density at radius 1 is 1.61 bits per heavy atom. The van der Waals surface area contributed by atoms with E-state index in [4.69, 9.17) is 9.84 Å². The molecule has 98 valence electrons. The summed E-state index contributed by atoms with van der Waals surface area (Å²) >= 11 is 3.34. The maximum absolute atomic E-state index is 12.2. The molecule has 0 aromatic heterocycles. The van der Waals surface area contributed by atoms with Crippen molar-refractivity contribution in [3.05, 3.63) is 40.9 Å². The fourth-order valence-electron chi connectivity index (χ4n) is 1.53. The van der Waals surface area contributed by atoms with Gasteiger partial charge >= 0.3 is 0 Å². The second kappa shape index (κ2) is 7.18. The van der Waals surface area contributed by atoms with Gasteiger partial charge in [-0.05, 0) is 34.1 Å². The summed E-state index contributed by atoms with van der Waals surface area (Å²) in [5, 5.41) is 8.94. The number of halogens is 1. The number of aliphatic hydroxyl groups is 1. The lowest BCUT2D eigenvalue weighted by atomic mass is 10.2. The van der Waals surface area contributed by atoms with Crippen LogP contribution in [0.25, 0.3) is 0 Å². The Hall–Kier alpha value is -1.33. The van der Waals surface area contributed by atoms with E-state index in [-0.39, 0.29) is 19.1 Å². The van der Waals surface area contributed by atoms with Crippen LogP contribution in [0.5, 0.6) is 5.75 Å². The molecule has 0 heterocycles. The van der Waals surface area contributed by atoms with Crippen LogP contribution in [0, 0.1) is 0 Å². The van der Waals surface area contributed by atoms with Crippen LogP contribution in [-0.2, 0) is 0 Å². The Morgan fingerprint density at radius 3 is 2.83 bits per heavy atom. The smallest absolute Gasteiger partial charge is 0.254 e. The van der Waals surface area contributed by atoms with Gasteiger partial charge in [0.05, 0.1) is 18.2 Å². The number of rotatable bonds is 6. The van der Waals surface area contributed by atoms with E-state index >= 15 is 0 Å². The molecule has 1 N–H and O–H groups in total. The second-order valence-corrected chi connectivity index (χ2v) is 4.47. The number of benzene rings is 1. The van der Waals surface area contributed by atoms with E-state index in [0.29, 0.717) is 17.9 Å². The van der Waals surface area contributed by atoms with Crippen molar-refractivity contribution in [3.63, 3.8) is 0 Å². The molecular weight excluding hydrogens is 298 g/mol. The molecule has 0 bridgehead atoms. The van der Waals surface area contributed by atoms with E-state index in [1.165, 1.54) is 4.90 Å². The molecule has 0 aliphatic heterocycles. The minimum Gasteiger partial charge on any atom is -0.496 e. The van der Waals surface area contributed by atoms with Gasteiger partial charge in [-0.25, -0.2) is 0 Å². The number of hydrogen-bond acceptors (Lipinski definition) is 3. The average Bonchev–Trinajstić information content (AvgIpc) is 2.37. The van der Waals surface area contributed by atoms with Gasteiger partial charge in [-0.2, -0.15) is 0 Å². The van der Waals surface area contributed by atoms with Gasteiger partial charge in [0, 0.05) is 18.7 Å². The monoisotopic (exact) mass is 313 g/mol. The molecule has 0 spiro atoms. The molecule has 0 atom stereocenters. The van der Waals surface area contributed by atoms with E-state index in [1.807, 2.05) is 0 Å². The van der Waals surface area contributed by atoms with Crippen molar-refractivity contribution in [1.82, 2.24) is 4.90 Å². The summed E-state index contributed by atoms with van der Waals surface area (Å²) in [5.41, 5.74) is 0.540. The van der Waals surface area contributed by atoms with Crippen LogP contribution in [0.15, 0.2) is 35.3 Å². The van der Waals surface area contributed by atoms with E-state index in [2.05, 4.69) is 22.5 Å². The number of carbonyl (C=O) groups is 1. The topological polar surface area (TPSA) is 49.8 Å². The third-order valence-corrected chi connectivity index (χ3v) is 3.03. The third kappa shape index (κ3) is 3.58. The van der Waals surface area contributed by atoms with E-state index in [1.54, 1.807) is 31.4 Å². The van der Waals surface area contributed by atoms with Crippen LogP contribution >= 0.6 is 15.9 Å². The molecule has 1 aromatic rings. The molecule has 5 heteroatoms. The largest absolute Gasteiger partial charge is 0.496 e. The summed E-state index contributed by atoms with van der Waals surface area (Å²) in [6, 6.07) is 5.12. The van der Waals surface area contributed by atoms with Crippen molar-refractivity contribution >= 4 is 21.8 Å². The lowest BCUT2D eigenvalue weighted by Crippen LogP contribution is -2.33.